The minimum Gasteiger partial charge on any atom is -0.387 e. The van der Waals surface area contributed by atoms with Crippen LogP contribution in [0.3, 0.4) is 0 Å². The molecule has 0 spiro atoms. The Balaban J connectivity index is 1.98. The van der Waals surface area contributed by atoms with Gasteiger partial charge in [0, 0.05) is 18.9 Å². The van der Waals surface area contributed by atoms with Crippen LogP contribution in [0.1, 0.15) is 11.7 Å². The maximum atomic E-state index is 11.3. The molecular formula is C10H11N3O2S. The summed E-state index contributed by atoms with van der Waals surface area (Å²) in [6.45, 7) is 0.261. The number of H-pyrrole nitrogens is 1. The molecule has 0 aliphatic carbocycles. The van der Waals surface area contributed by atoms with Crippen LogP contribution in [0.15, 0.2) is 34.0 Å². The first-order valence-corrected chi connectivity index (χ1v) is 5.69. The normalized spacial score (nSPS) is 12.3. The van der Waals surface area contributed by atoms with E-state index < -0.39 is 6.10 Å². The van der Waals surface area contributed by atoms with Crippen LogP contribution in [-0.4, -0.2) is 21.6 Å². The molecule has 16 heavy (non-hydrogen) atoms. The molecule has 84 valence electrons. The van der Waals surface area contributed by atoms with Gasteiger partial charge in [-0.15, -0.1) is 0 Å². The summed E-state index contributed by atoms with van der Waals surface area (Å²) in [7, 11) is 0. The number of aromatic nitrogens is 2. The molecule has 0 saturated carbocycles. The molecule has 0 aliphatic rings. The van der Waals surface area contributed by atoms with Crippen LogP contribution in [0.25, 0.3) is 0 Å². The lowest BCUT2D eigenvalue weighted by Gasteiger charge is -2.09. The highest BCUT2D eigenvalue weighted by Gasteiger charge is 2.08. The van der Waals surface area contributed by atoms with E-state index >= 15 is 0 Å². The van der Waals surface area contributed by atoms with Crippen LogP contribution in [0.4, 0.5) is 5.82 Å². The topological polar surface area (TPSA) is 78.0 Å². The zero-order valence-electron chi connectivity index (χ0n) is 8.38. The smallest absolute Gasteiger partial charge is 0.290 e. The summed E-state index contributed by atoms with van der Waals surface area (Å²) in [5.41, 5.74) is 0.546. The molecular weight excluding hydrogens is 226 g/mol. The summed E-state index contributed by atoms with van der Waals surface area (Å²) in [5.74, 6) is 0.219. The van der Waals surface area contributed by atoms with Crippen LogP contribution in [0, 0.1) is 0 Å². The second-order valence-corrected chi connectivity index (χ2v) is 4.00. The Hall–Kier alpha value is -1.66. The standard InChI is InChI=1S/C10H11N3O2S/c14-8(7-1-4-16-6-7)5-13-9-10(15)12-3-2-11-9/h1-4,6,8,14H,5H2,(H,11,13)(H,12,15). The Morgan fingerprint density at radius 2 is 2.50 bits per heavy atom. The summed E-state index contributed by atoms with van der Waals surface area (Å²) >= 11 is 1.52. The highest BCUT2D eigenvalue weighted by Crippen LogP contribution is 2.15. The predicted octanol–water partition coefficient (Wildman–Crippen LogP) is 0.977. The van der Waals surface area contributed by atoms with Gasteiger partial charge in [-0.1, -0.05) is 0 Å². The monoisotopic (exact) mass is 237 g/mol. The molecule has 2 rings (SSSR count). The summed E-state index contributed by atoms with van der Waals surface area (Å²) in [6.07, 6.45) is 2.32. The van der Waals surface area contributed by atoms with Crippen molar-refractivity contribution in [3.8, 4) is 0 Å². The summed E-state index contributed by atoms with van der Waals surface area (Å²) in [4.78, 5) is 17.6. The van der Waals surface area contributed by atoms with Crippen molar-refractivity contribution in [2.75, 3.05) is 11.9 Å². The average Bonchev–Trinajstić information content (AvgIpc) is 2.81. The minimum absolute atomic E-state index is 0.219. The van der Waals surface area contributed by atoms with Gasteiger partial charge in [0.2, 0.25) is 0 Å². The Labute approximate surface area is 95.8 Å². The molecule has 1 atom stereocenters. The van der Waals surface area contributed by atoms with E-state index in [2.05, 4.69) is 15.3 Å². The van der Waals surface area contributed by atoms with Gasteiger partial charge in [0.05, 0.1) is 6.10 Å². The van der Waals surface area contributed by atoms with Crippen LogP contribution in [0.2, 0.25) is 0 Å². The van der Waals surface area contributed by atoms with E-state index in [0.717, 1.165) is 5.56 Å². The molecule has 0 amide bonds. The van der Waals surface area contributed by atoms with Crippen molar-refractivity contribution in [1.82, 2.24) is 9.97 Å². The Morgan fingerprint density at radius 3 is 3.19 bits per heavy atom. The maximum Gasteiger partial charge on any atom is 0.290 e. The zero-order valence-corrected chi connectivity index (χ0v) is 9.20. The number of hydrogen-bond donors (Lipinski definition) is 3. The lowest BCUT2D eigenvalue weighted by molar-refractivity contribution is 0.192. The molecule has 0 aliphatic heterocycles. The Bertz CT molecular complexity index is 495. The van der Waals surface area contributed by atoms with Gasteiger partial charge >= 0.3 is 0 Å². The van der Waals surface area contributed by atoms with Crippen LogP contribution in [-0.2, 0) is 0 Å². The lowest BCUT2D eigenvalue weighted by Crippen LogP contribution is -2.19. The predicted molar refractivity (Wildman–Crippen MR) is 62.6 cm³/mol. The van der Waals surface area contributed by atoms with Gasteiger partial charge in [-0.05, 0) is 22.4 Å². The second-order valence-electron chi connectivity index (χ2n) is 3.22. The zero-order chi connectivity index (χ0) is 11.4. The van der Waals surface area contributed by atoms with Gasteiger partial charge < -0.3 is 15.4 Å². The molecule has 2 aromatic rings. The van der Waals surface area contributed by atoms with Crippen molar-refractivity contribution in [2.45, 2.75) is 6.10 Å². The number of nitrogens with one attached hydrogen (secondary N) is 2. The second kappa shape index (κ2) is 4.91. The minimum atomic E-state index is -0.632. The fourth-order valence-electron chi connectivity index (χ4n) is 1.25. The number of aliphatic hydroxyl groups excluding tert-OH is 1. The third-order valence-electron chi connectivity index (χ3n) is 2.10. The van der Waals surface area contributed by atoms with Gasteiger partial charge in [0.1, 0.15) is 0 Å². The fraction of sp³-hybridized carbons (Fsp3) is 0.200. The highest BCUT2D eigenvalue weighted by atomic mass is 32.1. The number of hydrogen-bond acceptors (Lipinski definition) is 5. The molecule has 0 radical (unpaired) electrons. The van der Waals surface area contributed by atoms with Crippen molar-refractivity contribution in [1.29, 1.82) is 0 Å². The molecule has 0 aromatic carbocycles. The number of aromatic amines is 1. The number of aliphatic hydroxyl groups is 1. The summed E-state index contributed by atoms with van der Waals surface area (Å²) in [5, 5.41) is 16.3. The molecule has 2 aromatic heterocycles. The Morgan fingerprint density at radius 1 is 1.62 bits per heavy atom. The average molecular weight is 237 g/mol. The van der Waals surface area contributed by atoms with Gasteiger partial charge in [0.25, 0.3) is 5.56 Å². The lowest BCUT2D eigenvalue weighted by atomic mass is 10.2. The molecule has 3 N–H and O–H groups in total. The fourth-order valence-corrected chi connectivity index (χ4v) is 1.96. The van der Waals surface area contributed by atoms with E-state index in [1.54, 1.807) is 0 Å². The van der Waals surface area contributed by atoms with E-state index in [-0.39, 0.29) is 17.9 Å². The first-order valence-electron chi connectivity index (χ1n) is 4.75. The largest absolute Gasteiger partial charge is 0.387 e. The number of nitrogens with zero attached hydrogens (tertiary/aromatic N) is 1. The van der Waals surface area contributed by atoms with Crippen molar-refractivity contribution in [3.63, 3.8) is 0 Å². The third-order valence-corrected chi connectivity index (χ3v) is 2.80. The molecule has 6 heteroatoms. The van der Waals surface area contributed by atoms with Crippen LogP contribution >= 0.6 is 11.3 Å². The van der Waals surface area contributed by atoms with Crippen molar-refractivity contribution in [3.05, 3.63) is 45.1 Å². The van der Waals surface area contributed by atoms with E-state index in [1.165, 1.54) is 23.7 Å². The van der Waals surface area contributed by atoms with E-state index in [9.17, 15) is 9.90 Å². The molecule has 5 nitrogen and oxygen atoms in total. The summed E-state index contributed by atoms with van der Waals surface area (Å²) < 4.78 is 0. The number of anilines is 1. The SMILES string of the molecule is O=c1[nH]ccnc1NCC(O)c1ccsc1. The maximum absolute atomic E-state index is 11.3. The van der Waals surface area contributed by atoms with E-state index in [0.29, 0.717) is 0 Å². The van der Waals surface area contributed by atoms with E-state index in [4.69, 9.17) is 0 Å². The van der Waals surface area contributed by atoms with Crippen molar-refractivity contribution >= 4 is 17.2 Å². The van der Waals surface area contributed by atoms with Gasteiger partial charge in [-0.3, -0.25) is 4.79 Å². The van der Waals surface area contributed by atoms with Crippen LogP contribution in [0.5, 0.6) is 0 Å². The quantitative estimate of drug-likeness (QED) is 0.740. The first-order chi connectivity index (χ1) is 7.77. The number of rotatable bonds is 4. The van der Waals surface area contributed by atoms with Crippen molar-refractivity contribution < 1.29 is 5.11 Å². The molecule has 1 unspecified atom stereocenters. The van der Waals surface area contributed by atoms with E-state index in [1.807, 2.05) is 16.8 Å². The van der Waals surface area contributed by atoms with Gasteiger partial charge in [0.15, 0.2) is 5.82 Å². The molecule has 0 bridgehead atoms. The first kappa shape index (κ1) is 10.8. The Kier molecular flexibility index (Phi) is 3.33. The molecule has 0 fully saturated rings. The highest BCUT2D eigenvalue weighted by molar-refractivity contribution is 7.07. The van der Waals surface area contributed by atoms with Crippen LogP contribution < -0.4 is 10.9 Å². The molecule has 0 saturated heterocycles. The molecule has 2 heterocycles. The van der Waals surface area contributed by atoms with Gasteiger partial charge in [-0.25, -0.2) is 4.98 Å². The van der Waals surface area contributed by atoms with Crippen molar-refractivity contribution in [2.24, 2.45) is 0 Å². The number of thiophene rings is 1. The third kappa shape index (κ3) is 2.47. The van der Waals surface area contributed by atoms with Gasteiger partial charge in [-0.2, -0.15) is 11.3 Å². The summed E-state index contributed by atoms with van der Waals surface area (Å²) in [6, 6.07) is 1.85.